The van der Waals surface area contributed by atoms with Crippen LogP contribution in [0.4, 0.5) is 0 Å². The van der Waals surface area contributed by atoms with Crippen molar-refractivity contribution in [2.75, 3.05) is 0 Å². The molecule has 7 nitrogen and oxygen atoms in total. The Labute approximate surface area is 153 Å². The number of benzene rings is 1. The Morgan fingerprint density at radius 2 is 1.42 bits per heavy atom. The van der Waals surface area contributed by atoms with Crippen LogP contribution in [-0.4, -0.2) is 50.0 Å². The van der Waals surface area contributed by atoms with E-state index in [0.717, 1.165) is 0 Å². The molecular formula is C18H24O7S. The van der Waals surface area contributed by atoms with Crippen LogP contribution in [0.5, 0.6) is 0 Å². The third kappa shape index (κ3) is 3.30. The van der Waals surface area contributed by atoms with Gasteiger partial charge in [0.05, 0.1) is 5.75 Å². The van der Waals surface area contributed by atoms with E-state index in [0.29, 0.717) is 5.56 Å². The molecule has 0 spiro atoms. The first-order valence-electron chi connectivity index (χ1n) is 8.69. The van der Waals surface area contributed by atoms with Crippen molar-refractivity contribution in [3.63, 3.8) is 0 Å². The second-order valence-electron chi connectivity index (χ2n) is 7.83. The van der Waals surface area contributed by atoms with Gasteiger partial charge in [0.25, 0.3) is 0 Å². The molecule has 0 saturated carbocycles. The Kier molecular flexibility index (Phi) is 4.22. The smallest absolute Gasteiger partial charge is 0.191 e. The van der Waals surface area contributed by atoms with Crippen molar-refractivity contribution >= 4 is 9.84 Å². The molecule has 0 aromatic heterocycles. The standard InChI is InChI=1S/C18H24O7S/c1-17(2)22-12-13-15(25-18(3,4)23-13)21-16(14(12)24-17)26(19,20)10-11-8-6-5-7-9-11/h5-9,12-16H,10H2,1-4H3/t12-,13-,14-,15-,16-/m1/s1. The molecule has 1 aromatic carbocycles. The fourth-order valence-corrected chi connectivity index (χ4v) is 5.47. The molecule has 0 aliphatic carbocycles. The van der Waals surface area contributed by atoms with Gasteiger partial charge in [-0.25, -0.2) is 8.42 Å². The minimum atomic E-state index is -3.68. The lowest BCUT2D eigenvalue weighted by Crippen LogP contribution is -2.57. The molecule has 8 heteroatoms. The first kappa shape index (κ1) is 18.3. The summed E-state index contributed by atoms with van der Waals surface area (Å²) in [6.45, 7) is 7.03. The number of ether oxygens (including phenoxy) is 5. The second kappa shape index (κ2) is 5.98. The van der Waals surface area contributed by atoms with Crippen LogP contribution >= 0.6 is 0 Å². The van der Waals surface area contributed by atoms with Crippen LogP contribution in [0.3, 0.4) is 0 Å². The SMILES string of the molecule is CC1(C)O[C@H]2[C@@H](O1)[C@@H](S(=O)(=O)Cc1ccccc1)O[C@@H]1OC(C)(C)O[C@@H]12. The Morgan fingerprint density at radius 1 is 0.846 bits per heavy atom. The lowest BCUT2D eigenvalue weighted by molar-refractivity contribution is -0.214. The molecule has 3 heterocycles. The van der Waals surface area contributed by atoms with Crippen LogP contribution in [0.2, 0.25) is 0 Å². The molecular weight excluding hydrogens is 360 g/mol. The van der Waals surface area contributed by atoms with Crippen molar-refractivity contribution < 1.29 is 32.1 Å². The molecule has 0 bridgehead atoms. The average Bonchev–Trinajstić information content (AvgIpc) is 3.00. The number of hydrogen-bond acceptors (Lipinski definition) is 7. The maximum atomic E-state index is 13.1. The molecule has 26 heavy (non-hydrogen) atoms. The lowest BCUT2D eigenvalue weighted by Gasteiger charge is -2.36. The number of fused-ring (bicyclic) bond motifs is 3. The van der Waals surface area contributed by atoms with Gasteiger partial charge in [0.1, 0.15) is 18.3 Å². The third-order valence-corrected chi connectivity index (χ3v) is 6.50. The molecule has 0 N–H and O–H groups in total. The number of hydrogen-bond donors (Lipinski definition) is 0. The molecule has 1 aromatic rings. The van der Waals surface area contributed by atoms with E-state index < -0.39 is 51.4 Å². The van der Waals surface area contributed by atoms with E-state index in [-0.39, 0.29) is 5.75 Å². The Morgan fingerprint density at radius 3 is 2.12 bits per heavy atom. The summed E-state index contributed by atoms with van der Waals surface area (Å²) in [4.78, 5) is 0. The average molecular weight is 384 g/mol. The molecule has 0 amide bonds. The predicted octanol–water partition coefficient (Wildman–Crippen LogP) is 1.96. The quantitative estimate of drug-likeness (QED) is 0.788. The monoisotopic (exact) mass is 384 g/mol. The van der Waals surface area contributed by atoms with Gasteiger partial charge in [-0.15, -0.1) is 0 Å². The molecule has 144 valence electrons. The topological polar surface area (TPSA) is 80.3 Å². The number of sulfone groups is 1. The van der Waals surface area contributed by atoms with Gasteiger partial charge >= 0.3 is 0 Å². The normalized spacial score (nSPS) is 37.9. The third-order valence-electron chi connectivity index (χ3n) is 4.68. The van der Waals surface area contributed by atoms with Crippen LogP contribution in [0.15, 0.2) is 30.3 Å². The zero-order valence-corrected chi connectivity index (χ0v) is 16.1. The van der Waals surface area contributed by atoms with Gasteiger partial charge in [-0.2, -0.15) is 0 Å². The summed E-state index contributed by atoms with van der Waals surface area (Å²) in [5.74, 6) is -1.95. The summed E-state index contributed by atoms with van der Waals surface area (Å²) in [7, 11) is -3.68. The highest BCUT2D eigenvalue weighted by molar-refractivity contribution is 7.91. The molecule has 0 radical (unpaired) electrons. The van der Waals surface area contributed by atoms with Gasteiger partial charge < -0.3 is 23.7 Å². The zero-order chi connectivity index (χ0) is 18.7. The minimum absolute atomic E-state index is 0.146. The van der Waals surface area contributed by atoms with Crippen molar-refractivity contribution in [2.24, 2.45) is 0 Å². The Balaban J connectivity index is 1.65. The van der Waals surface area contributed by atoms with E-state index in [1.165, 1.54) is 0 Å². The highest BCUT2D eigenvalue weighted by Gasteiger charge is 2.63. The van der Waals surface area contributed by atoms with Crippen LogP contribution in [0, 0.1) is 0 Å². The van der Waals surface area contributed by atoms with Crippen molar-refractivity contribution in [1.29, 1.82) is 0 Å². The van der Waals surface area contributed by atoms with Gasteiger partial charge in [0, 0.05) is 0 Å². The summed E-state index contributed by atoms with van der Waals surface area (Å²) in [6, 6.07) is 9.00. The van der Waals surface area contributed by atoms with Crippen LogP contribution in [0.25, 0.3) is 0 Å². The number of rotatable bonds is 3. The highest BCUT2D eigenvalue weighted by Crippen LogP contribution is 2.45. The first-order chi connectivity index (χ1) is 12.1. The maximum Gasteiger partial charge on any atom is 0.191 e. The summed E-state index contributed by atoms with van der Waals surface area (Å²) >= 11 is 0. The van der Waals surface area contributed by atoms with E-state index >= 15 is 0 Å². The van der Waals surface area contributed by atoms with Crippen molar-refractivity contribution in [3.8, 4) is 0 Å². The van der Waals surface area contributed by atoms with E-state index in [9.17, 15) is 8.42 Å². The van der Waals surface area contributed by atoms with Gasteiger partial charge in [-0.3, -0.25) is 0 Å². The lowest BCUT2D eigenvalue weighted by atomic mass is 10.1. The highest BCUT2D eigenvalue weighted by atomic mass is 32.2. The molecule has 3 aliphatic heterocycles. The predicted molar refractivity (Wildman–Crippen MR) is 91.6 cm³/mol. The summed E-state index contributed by atoms with van der Waals surface area (Å²) < 4.78 is 55.6. The van der Waals surface area contributed by atoms with E-state index in [4.69, 9.17) is 23.7 Å². The second-order valence-corrected chi connectivity index (χ2v) is 9.91. The van der Waals surface area contributed by atoms with Gasteiger partial charge in [0.15, 0.2) is 33.1 Å². The minimum Gasteiger partial charge on any atom is -0.341 e. The fraction of sp³-hybridized carbons (Fsp3) is 0.667. The Bertz CT molecular complexity index is 774. The van der Waals surface area contributed by atoms with Gasteiger partial charge in [-0.05, 0) is 33.3 Å². The summed E-state index contributed by atoms with van der Waals surface area (Å²) in [6.07, 6.45) is -2.72. The van der Waals surface area contributed by atoms with Crippen molar-refractivity contribution in [3.05, 3.63) is 35.9 Å². The van der Waals surface area contributed by atoms with E-state index in [2.05, 4.69) is 0 Å². The summed E-state index contributed by atoms with van der Waals surface area (Å²) in [5.41, 5.74) is -0.495. The van der Waals surface area contributed by atoms with Gasteiger partial charge in [0.2, 0.25) is 0 Å². The van der Waals surface area contributed by atoms with E-state index in [1.807, 2.05) is 6.07 Å². The van der Waals surface area contributed by atoms with Crippen molar-refractivity contribution in [1.82, 2.24) is 0 Å². The largest absolute Gasteiger partial charge is 0.341 e. The van der Waals surface area contributed by atoms with Crippen LogP contribution in [-0.2, 0) is 39.3 Å². The molecule has 3 fully saturated rings. The molecule has 3 aliphatic rings. The fourth-order valence-electron chi connectivity index (χ4n) is 3.75. The van der Waals surface area contributed by atoms with Crippen LogP contribution in [0.1, 0.15) is 33.3 Å². The van der Waals surface area contributed by atoms with Crippen molar-refractivity contribution in [2.45, 2.75) is 75.1 Å². The van der Waals surface area contributed by atoms with Gasteiger partial charge in [-0.1, -0.05) is 30.3 Å². The molecule has 3 saturated heterocycles. The summed E-state index contributed by atoms with van der Waals surface area (Å²) in [5, 5.41) is 0. The van der Waals surface area contributed by atoms with E-state index in [1.54, 1.807) is 52.0 Å². The molecule has 4 rings (SSSR count). The molecule has 5 atom stereocenters. The molecule has 0 unspecified atom stereocenters. The first-order valence-corrected chi connectivity index (χ1v) is 10.4. The Hall–Kier alpha value is -1.03. The zero-order valence-electron chi connectivity index (χ0n) is 15.2. The van der Waals surface area contributed by atoms with Crippen LogP contribution < -0.4 is 0 Å². The maximum absolute atomic E-state index is 13.1.